The Kier molecular flexibility index (Phi) is 5.36. The lowest BCUT2D eigenvalue weighted by atomic mass is 10.2. The number of hydrogen-bond donors (Lipinski definition) is 1. The fraction of sp³-hybridized carbons (Fsp3) is 0.222. The zero-order chi connectivity index (χ0) is 20.4. The zero-order valence-corrected chi connectivity index (χ0v) is 15.9. The van der Waals surface area contributed by atoms with Crippen molar-refractivity contribution in [1.29, 1.82) is 0 Å². The third kappa shape index (κ3) is 3.99. The number of amides is 2. The van der Waals surface area contributed by atoms with Gasteiger partial charge in [0.25, 0.3) is 11.6 Å². The Morgan fingerprint density at radius 3 is 2.71 bits per heavy atom. The third-order valence-corrected chi connectivity index (χ3v) is 4.41. The summed E-state index contributed by atoms with van der Waals surface area (Å²) in [5.41, 5.74) is 1.25. The number of nitrogens with zero attached hydrogens (tertiary/aromatic N) is 3. The molecule has 9 nitrogen and oxygen atoms in total. The van der Waals surface area contributed by atoms with E-state index in [2.05, 4.69) is 5.32 Å². The first-order valence-corrected chi connectivity index (χ1v) is 8.62. The van der Waals surface area contributed by atoms with E-state index in [0.717, 1.165) is 10.6 Å². The van der Waals surface area contributed by atoms with Crippen LogP contribution in [0.3, 0.4) is 0 Å². The molecular formula is C18H17ClN4O5. The highest BCUT2D eigenvalue weighted by Crippen LogP contribution is 2.35. The number of carbonyl (C=O) groups excluding carboxylic acids is 2. The van der Waals surface area contributed by atoms with E-state index in [1.165, 1.54) is 18.2 Å². The summed E-state index contributed by atoms with van der Waals surface area (Å²) < 4.78 is 5.28. The van der Waals surface area contributed by atoms with Gasteiger partial charge in [0.1, 0.15) is 12.3 Å². The first-order chi connectivity index (χ1) is 13.3. The third-order valence-electron chi connectivity index (χ3n) is 4.11. The molecule has 10 heteroatoms. The van der Waals surface area contributed by atoms with Crippen molar-refractivity contribution < 1.29 is 19.2 Å². The standard InChI is InChI=1S/C18H17ClN4O5/c1-21(2)14-5-3-11(7-13(14)19)20-17(24)9-22-15-8-12(23(26)27)4-6-16(15)28-10-18(22)25/h3-8H,9-10H2,1-2H3,(H,20,24). The van der Waals surface area contributed by atoms with Crippen molar-refractivity contribution in [3.8, 4) is 5.75 Å². The van der Waals surface area contributed by atoms with Gasteiger partial charge in [-0.15, -0.1) is 0 Å². The number of rotatable bonds is 5. The maximum absolute atomic E-state index is 12.5. The Bertz CT molecular complexity index is 963. The van der Waals surface area contributed by atoms with E-state index < -0.39 is 16.7 Å². The lowest BCUT2D eigenvalue weighted by Gasteiger charge is -2.28. The van der Waals surface area contributed by atoms with Crippen LogP contribution in [0.5, 0.6) is 5.75 Å². The molecule has 2 amide bonds. The molecule has 0 fully saturated rings. The van der Waals surface area contributed by atoms with E-state index in [1.54, 1.807) is 18.2 Å². The van der Waals surface area contributed by atoms with Gasteiger partial charge in [-0.2, -0.15) is 0 Å². The van der Waals surface area contributed by atoms with Crippen LogP contribution in [-0.2, 0) is 9.59 Å². The largest absolute Gasteiger partial charge is 0.482 e. The van der Waals surface area contributed by atoms with Crippen molar-refractivity contribution in [2.24, 2.45) is 0 Å². The topological polar surface area (TPSA) is 105 Å². The van der Waals surface area contributed by atoms with Crippen molar-refractivity contribution in [2.45, 2.75) is 0 Å². The summed E-state index contributed by atoms with van der Waals surface area (Å²) in [6, 6.07) is 8.96. The second-order valence-corrected chi connectivity index (χ2v) is 6.69. The Hall–Kier alpha value is -3.33. The van der Waals surface area contributed by atoms with Gasteiger partial charge in [-0.1, -0.05) is 11.6 Å². The summed E-state index contributed by atoms with van der Waals surface area (Å²) in [7, 11) is 3.69. The van der Waals surface area contributed by atoms with Crippen LogP contribution in [0.2, 0.25) is 5.02 Å². The molecule has 0 spiro atoms. The maximum Gasteiger partial charge on any atom is 0.271 e. The summed E-state index contributed by atoms with van der Waals surface area (Å²) in [6.07, 6.45) is 0. The van der Waals surface area contributed by atoms with Crippen molar-refractivity contribution >= 4 is 46.2 Å². The van der Waals surface area contributed by atoms with E-state index in [1.807, 2.05) is 19.0 Å². The second kappa shape index (κ2) is 7.73. The van der Waals surface area contributed by atoms with Crippen LogP contribution in [-0.4, -0.2) is 44.0 Å². The Morgan fingerprint density at radius 2 is 2.07 bits per heavy atom. The molecule has 0 aliphatic carbocycles. The minimum Gasteiger partial charge on any atom is -0.482 e. The molecular weight excluding hydrogens is 388 g/mol. The number of hydrogen-bond acceptors (Lipinski definition) is 6. The number of ether oxygens (including phenoxy) is 1. The summed E-state index contributed by atoms with van der Waals surface area (Å²) in [5.74, 6) is -0.637. The minimum absolute atomic E-state index is 0.182. The van der Waals surface area contributed by atoms with Gasteiger partial charge in [0.2, 0.25) is 5.91 Å². The summed E-state index contributed by atoms with van der Waals surface area (Å²) in [4.78, 5) is 38.1. The highest BCUT2D eigenvalue weighted by atomic mass is 35.5. The fourth-order valence-corrected chi connectivity index (χ4v) is 3.12. The molecule has 2 aromatic rings. The number of nitro benzene ring substituents is 1. The van der Waals surface area contributed by atoms with Gasteiger partial charge in [-0.3, -0.25) is 24.6 Å². The number of benzene rings is 2. The monoisotopic (exact) mass is 404 g/mol. The number of nitrogens with one attached hydrogen (secondary N) is 1. The smallest absolute Gasteiger partial charge is 0.271 e. The van der Waals surface area contributed by atoms with E-state index in [-0.39, 0.29) is 24.5 Å². The van der Waals surface area contributed by atoms with Crippen LogP contribution in [0.4, 0.5) is 22.7 Å². The minimum atomic E-state index is -0.577. The van der Waals surface area contributed by atoms with Crippen molar-refractivity contribution in [3.05, 3.63) is 51.5 Å². The number of halogens is 1. The van der Waals surface area contributed by atoms with Gasteiger partial charge in [0.05, 0.1) is 21.3 Å². The normalized spacial score (nSPS) is 12.8. The number of carbonyl (C=O) groups is 2. The quantitative estimate of drug-likeness (QED) is 0.606. The molecule has 0 saturated heterocycles. The molecule has 1 aliphatic rings. The Labute approximate surface area is 165 Å². The second-order valence-electron chi connectivity index (χ2n) is 6.29. The maximum atomic E-state index is 12.5. The van der Waals surface area contributed by atoms with Gasteiger partial charge >= 0.3 is 0 Å². The lowest BCUT2D eigenvalue weighted by molar-refractivity contribution is -0.384. The van der Waals surface area contributed by atoms with Crippen LogP contribution in [0, 0.1) is 10.1 Å². The fourth-order valence-electron chi connectivity index (χ4n) is 2.77. The molecule has 1 heterocycles. The molecule has 0 bridgehead atoms. The molecule has 146 valence electrons. The van der Waals surface area contributed by atoms with E-state index >= 15 is 0 Å². The van der Waals surface area contributed by atoms with E-state index in [0.29, 0.717) is 16.5 Å². The molecule has 3 rings (SSSR count). The van der Waals surface area contributed by atoms with Crippen LogP contribution in [0.1, 0.15) is 0 Å². The van der Waals surface area contributed by atoms with Gasteiger partial charge < -0.3 is 15.0 Å². The molecule has 0 aromatic heterocycles. The Morgan fingerprint density at radius 1 is 1.32 bits per heavy atom. The average molecular weight is 405 g/mol. The predicted molar refractivity (Wildman–Crippen MR) is 105 cm³/mol. The number of fused-ring (bicyclic) bond motifs is 1. The molecule has 0 atom stereocenters. The first-order valence-electron chi connectivity index (χ1n) is 8.24. The zero-order valence-electron chi connectivity index (χ0n) is 15.1. The van der Waals surface area contributed by atoms with Gasteiger partial charge in [-0.05, 0) is 24.3 Å². The number of anilines is 3. The highest BCUT2D eigenvalue weighted by Gasteiger charge is 2.29. The predicted octanol–water partition coefficient (Wildman–Crippen LogP) is 2.68. The van der Waals surface area contributed by atoms with Crippen molar-refractivity contribution in [1.82, 2.24) is 0 Å². The van der Waals surface area contributed by atoms with E-state index in [9.17, 15) is 19.7 Å². The molecule has 0 radical (unpaired) electrons. The summed E-state index contributed by atoms with van der Waals surface area (Å²) in [6.45, 7) is -0.565. The molecule has 0 saturated carbocycles. The van der Waals surface area contributed by atoms with Crippen LogP contribution in [0.25, 0.3) is 0 Å². The van der Waals surface area contributed by atoms with Gasteiger partial charge in [0, 0.05) is 31.9 Å². The van der Waals surface area contributed by atoms with E-state index in [4.69, 9.17) is 16.3 Å². The first kappa shape index (κ1) is 19.4. The molecule has 1 aliphatic heterocycles. The average Bonchev–Trinajstić information content (AvgIpc) is 2.63. The Balaban J connectivity index is 1.79. The van der Waals surface area contributed by atoms with Gasteiger partial charge in [0.15, 0.2) is 6.61 Å². The summed E-state index contributed by atoms with van der Waals surface area (Å²) >= 11 is 6.20. The lowest BCUT2D eigenvalue weighted by Crippen LogP contribution is -2.43. The number of non-ortho nitro benzene ring substituents is 1. The number of nitro groups is 1. The van der Waals surface area contributed by atoms with Gasteiger partial charge in [-0.25, -0.2) is 0 Å². The molecule has 0 unspecified atom stereocenters. The van der Waals surface area contributed by atoms with Crippen LogP contribution < -0.4 is 19.9 Å². The molecule has 2 aromatic carbocycles. The molecule has 1 N–H and O–H groups in total. The van der Waals surface area contributed by atoms with Crippen molar-refractivity contribution in [2.75, 3.05) is 42.4 Å². The molecule has 28 heavy (non-hydrogen) atoms. The summed E-state index contributed by atoms with van der Waals surface area (Å²) in [5, 5.41) is 14.2. The van der Waals surface area contributed by atoms with Crippen LogP contribution >= 0.6 is 11.6 Å². The SMILES string of the molecule is CN(C)c1ccc(NC(=O)CN2C(=O)COc3ccc([N+](=O)[O-])cc32)cc1Cl. The van der Waals surface area contributed by atoms with Crippen LogP contribution in [0.15, 0.2) is 36.4 Å². The highest BCUT2D eigenvalue weighted by molar-refractivity contribution is 6.33. The van der Waals surface area contributed by atoms with Crippen molar-refractivity contribution in [3.63, 3.8) is 0 Å².